The largest absolute Gasteiger partial charge is 0.497 e. The maximum absolute atomic E-state index is 13.3. The van der Waals surface area contributed by atoms with Crippen molar-refractivity contribution in [2.45, 2.75) is 66.7 Å². The molecule has 9 aromatic carbocycles. The van der Waals surface area contributed by atoms with Crippen LogP contribution in [0.3, 0.4) is 0 Å². The first-order valence-electron chi connectivity index (χ1n) is 49.5. The van der Waals surface area contributed by atoms with Gasteiger partial charge < -0.3 is 41.9 Å². The maximum Gasteiger partial charge on any atom is 0.270 e. The first-order chi connectivity index (χ1) is 70.5. The van der Waals surface area contributed by atoms with E-state index in [1.807, 2.05) is 175 Å². The van der Waals surface area contributed by atoms with Gasteiger partial charge in [-0.15, -0.1) is 0 Å². The van der Waals surface area contributed by atoms with Crippen LogP contribution in [0.25, 0.3) is 112 Å². The molecular weight excluding hydrogens is 1840 g/mol. The Balaban J connectivity index is 0.000000122. The van der Waals surface area contributed by atoms with Crippen molar-refractivity contribution >= 4 is 69.2 Å². The number of piperazine rings is 4. The van der Waals surface area contributed by atoms with E-state index in [2.05, 4.69) is 165 Å². The number of hydrogen-bond donors (Lipinski definition) is 0. The minimum Gasteiger partial charge on any atom is -0.497 e. The van der Waals surface area contributed by atoms with Crippen LogP contribution in [-0.4, -0.2) is 222 Å². The second kappa shape index (κ2) is 44.4. The van der Waals surface area contributed by atoms with Crippen molar-refractivity contribution in [2.24, 2.45) is 17.8 Å². The number of benzene rings is 9. The second-order valence-electron chi connectivity index (χ2n) is 38.0. The molecule has 0 N–H and O–H groups in total. The number of nitrogens with zero attached hydrogens (tertiary/aromatic N) is 18. The van der Waals surface area contributed by atoms with Crippen molar-refractivity contribution in [3.63, 3.8) is 0 Å². The van der Waals surface area contributed by atoms with Crippen molar-refractivity contribution in [3.8, 4) is 95.3 Å². The molecule has 145 heavy (non-hydrogen) atoms. The number of carbonyl (C=O) groups is 4. The summed E-state index contributed by atoms with van der Waals surface area (Å²) in [6.45, 7) is 22.4. The van der Waals surface area contributed by atoms with E-state index in [0.717, 1.165) is 233 Å². The number of carbonyl (C=O) groups excluding carboxylic acids is 4. The van der Waals surface area contributed by atoms with E-state index >= 15 is 0 Å². The second-order valence-corrected chi connectivity index (χ2v) is 38.4. The fourth-order valence-corrected chi connectivity index (χ4v) is 19.6. The zero-order chi connectivity index (χ0) is 100. The molecule has 17 aromatic rings. The molecule has 0 radical (unpaired) electrons. The highest BCUT2D eigenvalue weighted by atomic mass is 35.5. The molecule has 5 fully saturated rings. The third kappa shape index (κ3) is 22.8. The van der Waals surface area contributed by atoms with Crippen molar-refractivity contribution in [3.05, 3.63) is 375 Å². The zero-order valence-electron chi connectivity index (χ0n) is 81.8. The van der Waals surface area contributed by atoms with E-state index in [0.29, 0.717) is 62.3 Å². The number of amides is 4. The van der Waals surface area contributed by atoms with Crippen LogP contribution in [0, 0.1) is 43.8 Å². The fourth-order valence-electron chi connectivity index (χ4n) is 19.4. The van der Waals surface area contributed by atoms with E-state index in [-0.39, 0.29) is 62.5 Å². The molecule has 0 unspecified atom stereocenters. The summed E-state index contributed by atoms with van der Waals surface area (Å²) in [5.74, 6) is 1.42. The van der Waals surface area contributed by atoms with E-state index in [1.54, 1.807) is 43.5 Å². The van der Waals surface area contributed by atoms with Gasteiger partial charge >= 0.3 is 0 Å². The van der Waals surface area contributed by atoms with E-state index in [9.17, 15) is 43.8 Å². The van der Waals surface area contributed by atoms with Gasteiger partial charge in [-0.25, -0.2) is 24.3 Å². The van der Waals surface area contributed by atoms with E-state index in [4.69, 9.17) is 36.3 Å². The monoisotopic (exact) mass is 1960 g/mol. The Morgan fingerprint density at radius 3 is 0.959 bits per heavy atom. The third-order valence-electron chi connectivity index (χ3n) is 27.6. The van der Waals surface area contributed by atoms with E-state index < -0.39 is 0 Å². The number of non-ortho nitro benzene ring substituents is 2. The van der Waals surface area contributed by atoms with Crippen molar-refractivity contribution in [1.82, 2.24) is 76.7 Å². The minimum absolute atomic E-state index is 0.00722. The standard InChI is InChI=1S/C31H26ClFN4O.C29H32N4O2.C28H27N5O3.C28H29N5O3/c32-26-11-6-23(7-12-26)30-28(37-20-25(10-15-29(37)34-30)22-4-2-1-3-5-22)21-35-16-18-36(19-17-35)31(38)24-8-13-27(33)14-9-24;1-21(2)29(34)32-16-14-31(15-17-32)20-26-28(23-10-7-11-25(18-23)35-3)30-27-13-12-24(19-33(26)27)22-8-5-4-6-9-22;34-28(21-9-10-21)31-15-13-30(14-16-31)19-25-27(22-7-4-8-24(17-22)33(35)36)29-26-12-11-23(18-32(25)26)20-5-2-1-3-6-20;1-20(2)28(34)31-15-13-30(14-16-31)19-25-27(22-9-6-10-24(17-22)33(35)36)29-26-12-11-23(18-32(25)26)21-7-4-3-5-8-21/h1-15,20H,16-19,21H2;4-13,18-19,21H,14-17,20H2,1-3H3;1-8,11-12,17-18,21H,9-10,13-16,19H2;3-12,17-18,20H,13-16,19H2,1-2H3. The molecule has 1 aliphatic carbocycles. The average molecular weight is 1960 g/mol. The smallest absolute Gasteiger partial charge is 0.270 e. The molecule has 0 spiro atoms. The van der Waals surface area contributed by atoms with Gasteiger partial charge in [-0.05, 0) is 154 Å². The molecule has 4 aliphatic heterocycles. The normalized spacial score (nSPS) is 14.9. The van der Waals surface area contributed by atoms with Crippen LogP contribution >= 0.6 is 11.6 Å². The molecule has 0 bridgehead atoms. The quantitative estimate of drug-likeness (QED) is 0.0426. The first kappa shape index (κ1) is 98.1. The number of halogens is 2. The van der Waals surface area contributed by atoms with E-state index in [1.165, 1.54) is 29.8 Å². The molecule has 4 amide bonds. The zero-order valence-corrected chi connectivity index (χ0v) is 82.5. The number of aromatic nitrogens is 8. The number of ether oxygens (including phenoxy) is 1. The van der Waals surface area contributed by atoms with Crippen LogP contribution in [0.4, 0.5) is 15.8 Å². The van der Waals surface area contributed by atoms with Crippen LogP contribution in [-0.2, 0) is 40.6 Å². The van der Waals surface area contributed by atoms with Crippen molar-refractivity contribution in [1.29, 1.82) is 0 Å². The molecule has 4 saturated heterocycles. The number of nitro benzene ring substituents is 2. The number of methoxy groups -OCH3 is 1. The lowest BCUT2D eigenvalue weighted by molar-refractivity contribution is -0.385. The summed E-state index contributed by atoms with van der Waals surface area (Å²) < 4.78 is 27.4. The van der Waals surface area contributed by atoms with Gasteiger partial charge in [0.1, 0.15) is 34.2 Å². The summed E-state index contributed by atoms with van der Waals surface area (Å²) in [5, 5.41) is 23.6. The SMILES string of the molecule is CC(C)C(=O)N1CCN(Cc2c(-c3cccc([N+](=O)[O-])c3)nc3ccc(-c4ccccc4)cn23)CC1.COc1cccc(-c2nc3ccc(-c4ccccc4)cn3c2CN2CCN(C(=O)C(C)C)CC2)c1.O=C(C1CC1)N1CCN(Cc2c(-c3cccc([N+](=O)[O-])c3)nc3ccc(-c4ccccc4)cn23)CC1.O=C(c1ccc(F)cc1)N1CCN(Cc2c(-c3ccc(Cl)cc3)nc3ccc(-c4ccccc4)cn23)CC1. The summed E-state index contributed by atoms with van der Waals surface area (Å²) >= 11 is 6.17. The van der Waals surface area contributed by atoms with Crippen LogP contribution in [0.15, 0.2) is 316 Å². The topological polar surface area (TPSA) is 259 Å². The average Bonchev–Trinajstić information content (AvgIpc) is 1.63. The van der Waals surface area contributed by atoms with Gasteiger partial charge in [0.25, 0.3) is 17.3 Å². The van der Waals surface area contributed by atoms with Crippen LogP contribution in [0.2, 0.25) is 5.02 Å². The molecule has 12 heterocycles. The van der Waals surface area contributed by atoms with Gasteiger partial charge in [0.15, 0.2) is 0 Å². The van der Waals surface area contributed by atoms with Crippen molar-refractivity contribution in [2.75, 3.05) is 112 Å². The highest BCUT2D eigenvalue weighted by molar-refractivity contribution is 6.30. The van der Waals surface area contributed by atoms with Crippen LogP contribution in [0.5, 0.6) is 5.75 Å². The molecule has 27 nitrogen and oxygen atoms in total. The Bertz CT molecular complexity index is 7310. The maximum atomic E-state index is 13.3. The van der Waals surface area contributed by atoms with Gasteiger partial charge in [-0.3, -0.25) is 59.0 Å². The molecule has 22 rings (SSSR count). The Hall–Kier alpha value is -15.7. The number of rotatable bonds is 23. The Kier molecular flexibility index (Phi) is 30.0. The molecule has 8 aromatic heterocycles. The molecule has 5 aliphatic rings. The first-order valence-corrected chi connectivity index (χ1v) is 49.9. The summed E-state index contributed by atoms with van der Waals surface area (Å²) in [7, 11) is 1.69. The predicted molar refractivity (Wildman–Crippen MR) is 565 cm³/mol. The number of hydrogen-bond acceptors (Lipinski definition) is 17. The minimum atomic E-state index is -0.378. The third-order valence-corrected chi connectivity index (χ3v) is 27.9. The lowest BCUT2D eigenvalue weighted by Gasteiger charge is -2.35. The number of pyridine rings is 4. The predicted octanol–water partition coefficient (Wildman–Crippen LogP) is 20.9. The van der Waals surface area contributed by atoms with Gasteiger partial charge in [-0.1, -0.05) is 209 Å². The molecule has 0 atom stereocenters. The Morgan fingerprint density at radius 1 is 0.345 bits per heavy atom. The summed E-state index contributed by atoms with van der Waals surface area (Å²) in [5.41, 5.74) is 24.1. The summed E-state index contributed by atoms with van der Waals surface area (Å²) in [6.07, 6.45) is 10.6. The molecular formula is C116H114ClFN18O9. The molecule has 1 saturated carbocycles. The van der Waals surface area contributed by atoms with Gasteiger partial charge in [0.2, 0.25) is 17.7 Å². The summed E-state index contributed by atoms with van der Waals surface area (Å²) in [4.78, 5) is 109. The van der Waals surface area contributed by atoms with Gasteiger partial charge in [-0.2, -0.15) is 0 Å². The number of imidazole rings is 4. The number of fused-ring (bicyclic) bond motifs is 4. The summed E-state index contributed by atoms with van der Waals surface area (Å²) in [6, 6.07) is 92.6. The molecule has 29 heteroatoms. The highest BCUT2D eigenvalue weighted by Gasteiger charge is 2.36. The highest BCUT2D eigenvalue weighted by Crippen LogP contribution is 2.39. The Morgan fingerprint density at radius 2 is 0.641 bits per heavy atom. The van der Waals surface area contributed by atoms with Gasteiger partial charge in [0, 0.05) is 231 Å². The van der Waals surface area contributed by atoms with Gasteiger partial charge in [0.05, 0.1) is 62.5 Å². The fraction of sp³-hybridized carbons (Fsp3) is 0.259. The van der Waals surface area contributed by atoms with Crippen molar-refractivity contribution < 1.29 is 38.2 Å². The number of nitro groups is 2. The van der Waals surface area contributed by atoms with Crippen LogP contribution < -0.4 is 4.74 Å². The van der Waals surface area contributed by atoms with Crippen LogP contribution in [0.1, 0.15) is 73.7 Å². The Labute approximate surface area is 845 Å². The lowest BCUT2D eigenvalue weighted by atomic mass is 10.1. The molecule has 736 valence electrons. The lowest BCUT2D eigenvalue weighted by Crippen LogP contribution is -2.49.